The van der Waals surface area contributed by atoms with Crippen molar-refractivity contribution in [3.8, 4) is 0 Å². The van der Waals surface area contributed by atoms with Gasteiger partial charge in [0, 0.05) is 18.4 Å². The Morgan fingerprint density at radius 3 is 2.73 bits per heavy atom. The molecule has 0 aliphatic heterocycles. The fraction of sp³-hybridized carbons (Fsp3) is 0.385. The number of nitrogens with two attached hydrogens (primary N) is 1. The molecule has 2 aromatic rings. The first kappa shape index (κ1) is 10.2. The summed E-state index contributed by atoms with van der Waals surface area (Å²) < 4.78 is 5.74. The Hall–Kier alpha value is -1.28. The van der Waals surface area contributed by atoms with Crippen LogP contribution < -0.4 is 5.73 Å². The third kappa shape index (κ3) is 2.21. The van der Waals surface area contributed by atoms with Gasteiger partial charge < -0.3 is 10.2 Å². The van der Waals surface area contributed by atoms with Crippen LogP contribution in [0.25, 0.3) is 11.0 Å². The number of hydrogen-bond donors (Lipinski definition) is 1. The molecule has 0 atom stereocenters. The Morgan fingerprint density at radius 2 is 2.07 bits per heavy atom. The molecule has 0 saturated heterocycles. The molecule has 1 heterocycles. The predicted octanol–water partition coefficient (Wildman–Crippen LogP) is 3.09. The van der Waals surface area contributed by atoms with Gasteiger partial charge in [0.25, 0.3) is 0 Å². The van der Waals surface area contributed by atoms with Crippen molar-refractivity contribution in [2.45, 2.75) is 26.8 Å². The zero-order valence-corrected chi connectivity index (χ0v) is 9.29. The molecule has 0 aliphatic rings. The predicted molar refractivity (Wildman–Crippen MR) is 62.6 cm³/mol. The van der Waals surface area contributed by atoms with Gasteiger partial charge in [-0.15, -0.1) is 0 Å². The normalized spacial score (nSPS) is 11.5. The van der Waals surface area contributed by atoms with Gasteiger partial charge in [0.1, 0.15) is 11.3 Å². The van der Waals surface area contributed by atoms with E-state index >= 15 is 0 Å². The molecular weight excluding hydrogens is 186 g/mol. The zero-order valence-electron chi connectivity index (χ0n) is 9.29. The molecule has 15 heavy (non-hydrogen) atoms. The van der Waals surface area contributed by atoms with Crippen molar-refractivity contribution in [3.63, 3.8) is 0 Å². The molecule has 2 rings (SSSR count). The molecule has 0 spiro atoms. The number of fused-ring (bicyclic) bond motifs is 1. The van der Waals surface area contributed by atoms with E-state index in [0.717, 1.165) is 28.7 Å². The summed E-state index contributed by atoms with van der Waals surface area (Å²) in [6, 6.07) is 8.24. The van der Waals surface area contributed by atoms with Crippen LogP contribution >= 0.6 is 0 Å². The first-order valence-electron chi connectivity index (χ1n) is 5.40. The molecule has 0 saturated carbocycles. The Kier molecular flexibility index (Phi) is 2.78. The Balaban J connectivity index is 2.37. The lowest BCUT2D eigenvalue weighted by atomic mass is 10.1. The highest BCUT2D eigenvalue weighted by Gasteiger charge is 2.05. The van der Waals surface area contributed by atoms with Gasteiger partial charge in [0.05, 0.1) is 0 Å². The van der Waals surface area contributed by atoms with Crippen molar-refractivity contribution in [2.75, 3.05) is 0 Å². The highest BCUT2D eigenvalue weighted by Crippen LogP contribution is 2.22. The van der Waals surface area contributed by atoms with Gasteiger partial charge in [-0.3, -0.25) is 0 Å². The second-order valence-electron chi connectivity index (χ2n) is 4.39. The topological polar surface area (TPSA) is 39.2 Å². The average Bonchev–Trinajstić information content (AvgIpc) is 2.57. The number of rotatable bonds is 3. The highest BCUT2D eigenvalue weighted by atomic mass is 16.3. The molecule has 0 aliphatic carbocycles. The molecule has 2 N–H and O–H groups in total. The molecule has 0 unspecified atom stereocenters. The van der Waals surface area contributed by atoms with E-state index in [1.54, 1.807) is 0 Å². The minimum atomic E-state index is 0.584. The molecule has 1 aromatic heterocycles. The van der Waals surface area contributed by atoms with E-state index in [1.807, 2.05) is 12.1 Å². The third-order valence-corrected chi connectivity index (χ3v) is 2.48. The molecule has 80 valence electrons. The van der Waals surface area contributed by atoms with E-state index in [-0.39, 0.29) is 0 Å². The Bertz CT molecular complexity index is 457. The fourth-order valence-corrected chi connectivity index (χ4v) is 1.78. The molecule has 2 heteroatoms. The summed E-state index contributed by atoms with van der Waals surface area (Å²) in [6.07, 6.45) is 0.993. The van der Waals surface area contributed by atoms with Crippen molar-refractivity contribution in [3.05, 3.63) is 35.6 Å². The van der Waals surface area contributed by atoms with Gasteiger partial charge in [-0.25, -0.2) is 0 Å². The van der Waals surface area contributed by atoms with Crippen LogP contribution in [0.4, 0.5) is 0 Å². The van der Waals surface area contributed by atoms with E-state index in [4.69, 9.17) is 10.2 Å². The summed E-state index contributed by atoms with van der Waals surface area (Å²) >= 11 is 0. The molecule has 2 nitrogen and oxygen atoms in total. The van der Waals surface area contributed by atoms with Crippen molar-refractivity contribution in [2.24, 2.45) is 11.7 Å². The van der Waals surface area contributed by atoms with Gasteiger partial charge in [-0.1, -0.05) is 19.9 Å². The largest absolute Gasteiger partial charge is 0.461 e. The lowest BCUT2D eigenvalue weighted by Crippen LogP contribution is -1.94. The molecular formula is C13H17NO. The van der Waals surface area contributed by atoms with Crippen LogP contribution in [0.1, 0.15) is 25.2 Å². The Morgan fingerprint density at radius 1 is 1.27 bits per heavy atom. The van der Waals surface area contributed by atoms with Crippen molar-refractivity contribution < 1.29 is 4.42 Å². The summed E-state index contributed by atoms with van der Waals surface area (Å²) in [6.45, 7) is 4.97. The molecule has 0 fully saturated rings. The van der Waals surface area contributed by atoms with Crippen molar-refractivity contribution in [1.82, 2.24) is 0 Å². The molecule has 1 aromatic carbocycles. The van der Waals surface area contributed by atoms with Crippen LogP contribution in [0.2, 0.25) is 0 Å². The SMILES string of the molecule is CC(C)Cc1cc2cc(CN)ccc2o1. The zero-order chi connectivity index (χ0) is 10.8. The van der Waals surface area contributed by atoms with Crippen LogP contribution in [0, 0.1) is 5.92 Å². The maximum absolute atomic E-state index is 5.74. The van der Waals surface area contributed by atoms with Gasteiger partial charge in [-0.2, -0.15) is 0 Å². The van der Waals surface area contributed by atoms with Crippen molar-refractivity contribution >= 4 is 11.0 Å². The number of hydrogen-bond acceptors (Lipinski definition) is 2. The monoisotopic (exact) mass is 203 g/mol. The van der Waals surface area contributed by atoms with Crippen molar-refractivity contribution in [1.29, 1.82) is 0 Å². The third-order valence-electron chi connectivity index (χ3n) is 2.48. The quantitative estimate of drug-likeness (QED) is 0.832. The van der Waals surface area contributed by atoms with E-state index in [2.05, 4.69) is 26.0 Å². The fourth-order valence-electron chi connectivity index (χ4n) is 1.78. The second kappa shape index (κ2) is 4.07. The minimum Gasteiger partial charge on any atom is -0.461 e. The summed E-state index contributed by atoms with van der Waals surface area (Å²) in [5, 5.41) is 1.16. The van der Waals surface area contributed by atoms with E-state index in [0.29, 0.717) is 12.5 Å². The van der Waals surface area contributed by atoms with E-state index in [1.165, 1.54) is 0 Å². The maximum atomic E-state index is 5.74. The summed E-state index contributed by atoms with van der Waals surface area (Å²) in [7, 11) is 0. The first-order valence-corrected chi connectivity index (χ1v) is 5.40. The molecule has 0 radical (unpaired) electrons. The Labute approximate surface area is 90.1 Å². The molecule has 0 bridgehead atoms. The number of benzene rings is 1. The van der Waals surface area contributed by atoms with Crippen LogP contribution in [0.15, 0.2) is 28.7 Å². The lowest BCUT2D eigenvalue weighted by molar-refractivity contribution is 0.500. The second-order valence-corrected chi connectivity index (χ2v) is 4.39. The first-order chi connectivity index (χ1) is 7.19. The van der Waals surface area contributed by atoms with Crippen LogP contribution in [0.5, 0.6) is 0 Å². The van der Waals surface area contributed by atoms with Gasteiger partial charge in [0.2, 0.25) is 0 Å². The summed E-state index contributed by atoms with van der Waals surface area (Å²) in [5.41, 5.74) is 7.71. The van der Waals surface area contributed by atoms with Crippen LogP contribution in [-0.2, 0) is 13.0 Å². The average molecular weight is 203 g/mol. The standard InChI is InChI=1S/C13H17NO/c1-9(2)5-12-7-11-6-10(8-14)3-4-13(11)15-12/h3-4,6-7,9H,5,8,14H2,1-2H3. The summed E-state index contributed by atoms with van der Waals surface area (Å²) in [4.78, 5) is 0. The maximum Gasteiger partial charge on any atom is 0.134 e. The van der Waals surface area contributed by atoms with E-state index < -0.39 is 0 Å². The number of furan rings is 1. The van der Waals surface area contributed by atoms with Crippen LogP contribution in [-0.4, -0.2) is 0 Å². The van der Waals surface area contributed by atoms with Gasteiger partial charge >= 0.3 is 0 Å². The van der Waals surface area contributed by atoms with Crippen LogP contribution in [0.3, 0.4) is 0 Å². The summed E-state index contributed by atoms with van der Waals surface area (Å²) in [5.74, 6) is 1.69. The van der Waals surface area contributed by atoms with Gasteiger partial charge in [0.15, 0.2) is 0 Å². The smallest absolute Gasteiger partial charge is 0.134 e. The van der Waals surface area contributed by atoms with E-state index in [9.17, 15) is 0 Å². The van der Waals surface area contributed by atoms with Gasteiger partial charge in [-0.05, 0) is 29.7 Å². The highest BCUT2D eigenvalue weighted by molar-refractivity contribution is 5.78. The lowest BCUT2D eigenvalue weighted by Gasteiger charge is -1.98. The minimum absolute atomic E-state index is 0.584. The molecule has 0 amide bonds.